The maximum atomic E-state index is 13.7. The van der Waals surface area contributed by atoms with Gasteiger partial charge in [0.1, 0.15) is 29.6 Å². The fourth-order valence-electron chi connectivity index (χ4n) is 5.04. The van der Waals surface area contributed by atoms with Gasteiger partial charge in [-0.3, -0.25) is 4.79 Å². The highest BCUT2D eigenvalue weighted by atomic mass is 19.3. The minimum absolute atomic E-state index is 0.0245. The highest BCUT2D eigenvalue weighted by Crippen LogP contribution is 2.50. The van der Waals surface area contributed by atoms with Crippen LogP contribution in [0.5, 0.6) is 23.0 Å². The normalized spacial score (nSPS) is 23.9. The molecule has 196 valence electrons. The zero-order valence-electron chi connectivity index (χ0n) is 20.5. The molecule has 6 rings (SSSR count). The molecule has 10 heteroatoms. The number of rotatable bonds is 4. The van der Waals surface area contributed by atoms with Gasteiger partial charge in [0.2, 0.25) is 5.91 Å². The lowest BCUT2D eigenvalue weighted by molar-refractivity contribution is -0.286. The first kappa shape index (κ1) is 24.0. The first-order valence-electron chi connectivity index (χ1n) is 12.0. The lowest BCUT2D eigenvalue weighted by Crippen LogP contribution is -2.46. The minimum Gasteiger partial charge on any atom is -0.492 e. The van der Waals surface area contributed by atoms with Crippen LogP contribution in [0.1, 0.15) is 52.5 Å². The highest BCUT2D eigenvalue weighted by Gasteiger charge is 2.49. The fourth-order valence-corrected chi connectivity index (χ4v) is 5.04. The predicted octanol–water partition coefficient (Wildman–Crippen LogP) is 4.83. The van der Waals surface area contributed by atoms with Gasteiger partial charge in [0.15, 0.2) is 11.5 Å². The molecule has 1 N–H and O–H groups in total. The van der Waals surface area contributed by atoms with Crippen LogP contribution in [-0.4, -0.2) is 31.9 Å². The lowest BCUT2D eigenvalue weighted by atomic mass is 9.82. The highest BCUT2D eigenvalue weighted by molar-refractivity contribution is 5.91. The van der Waals surface area contributed by atoms with Crippen LogP contribution >= 0.6 is 0 Å². The van der Waals surface area contributed by atoms with E-state index in [2.05, 4.69) is 14.8 Å². The third-order valence-electron chi connectivity index (χ3n) is 7.14. The van der Waals surface area contributed by atoms with Gasteiger partial charge < -0.3 is 29.0 Å². The van der Waals surface area contributed by atoms with Gasteiger partial charge in [0.25, 0.3) is 0 Å². The second-order valence-corrected chi connectivity index (χ2v) is 9.60. The van der Waals surface area contributed by atoms with Gasteiger partial charge in [0.05, 0.1) is 18.7 Å². The van der Waals surface area contributed by atoms with Crippen molar-refractivity contribution in [3.05, 3.63) is 82.9 Å². The molecule has 0 bridgehead atoms. The maximum Gasteiger partial charge on any atom is 0.586 e. The van der Waals surface area contributed by atoms with Crippen LogP contribution in [-0.2, 0) is 14.9 Å². The smallest absolute Gasteiger partial charge is 0.492 e. The number of carbonyl (C=O) groups excluding carboxylic acids is 2. The van der Waals surface area contributed by atoms with Gasteiger partial charge in [-0.1, -0.05) is 30.3 Å². The Hall–Kier alpha value is -4.34. The van der Waals surface area contributed by atoms with E-state index in [1.165, 1.54) is 19.2 Å². The third kappa shape index (κ3) is 3.96. The molecule has 3 aromatic rings. The fraction of sp³-hybridized carbons (Fsp3) is 0.286. The first-order chi connectivity index (χ1) is 18.2. The van der Waals surface area contributed by atoms with Crippen molar-refractivity contribution in [1.82, 2.24) is 5.32 Å². The number of hydrogen-bond donors (Lipinski definition) is 1. The van der Waals surface area contributed by atoms with E-state index in [-0.39, 0.29) is 24.0 Å². The second-order valence-electron chi connectivity index (χ2n) is 9.60. The first-order valence-corrected chi connectivity index (χ1v) is 12.0. The standard InChI is InChI=1S/C28H23F2NO7/c1-27(14-35-22-13-24-23(11-18(22)27)37-28(29,30)38-24)26(33)31-19-12-21(36-20-6-4-3-5-17(19)20)15-7-9-16(10-8-15)25(32)34-2/h3-11,13,19,21H,12,14H2,1-2H3,(H,31,33)/t19-,21-,27+/m1/s1. The average molecular weight is 523 g/mol. The van der Waals surface area contributed by atoms with Crippen molar-refractivity contribution in [2.24, 2.45) is 0 Å². The van der Waals surface area contributed by atoms with Crippen molar-refractivity contribution in [2.75, 3.05) is 13.7 Å². The summed E-state index contributed by atoms with van der Waals surface area (Å²) >= 11 is 0. The number of alkyl halides is 2. The summed E-state index contributed by atoms with van der Waals surface area (Å²) in [5, 5.41) is 3.13. The van der Waals surface area contributed by atoms with E-state index in [0.29, 0.717) is 29.0 Å². The minimum atomic E-state index is -3.77. The van der Waals surface area contributed by atoms with Crippen molar-refractivity contribution >= 4 is 11.9 Å². The van der Waals surface area contributed by atoms with Crippen LogP contribution in [0, 0.1) is 0 Å². The largest absolute Gasteiger partial charge is 0.586 e. The monoisotopic (exact) mass is 523 g/mol. The summed E-state index contributed by atoms with van der Waals surface area (Å²) < 4.78 is 53.0. The van der Waals surface area contributed by atoms with Gasteiger partial charge in [-0.15, -0.1) is 8.78 Å². The van der Waals surface area contributed by atoms with Crippen molar-refractivity contribution < 1.29 is 42.1 Å². The summed E-state index contributed by atoms with van der Waals surface area (Å²) in [6.45, 7) is 1.72. The second kappa shape index (κ2) is 8.61. The Bertz CT molecular complexity index is 1440. The Balaban J connectivity index is 1.27. The van der Waals surface area contributed by atoms with Crippen molar-refractivity contribution in [3.63, 3.8) is 0 Å². The summed E-state index contributed by atoms with van der Waals surface area (Å²) in [5.41, 5.74) is 1.35. The summed E-state index contributed by atoms with van der Waals surface area (Å²) in [4.78, 5) is 25.5. The van der Waals surface area contributed by atoms with Gasteiger partial charge >= 0.3 is 12.3 Å². The topological polar surface area (TPSA) is 92.3 Å². The number of fused-ring (bicyclic) bond motifs is 3. The Kier molecular flexibility index (Phi) is 5.44. The molecule has 3 heterocycles. The molecular weight excluding hydrogens is 500 g/mol. The summed E-state index contributed by atoms with van der Waals surface area (Å²) in [7, 11) is 1.32. The SMILES string of the molecule is COC(=O)c1ccc([C@H]2C[C@@H](NC(=O)[C@@]3(C)COc4cc5c(cc43)OC(F)(F)O5)c3ccccc3O2)cc1. The van der Waals surface area contributed by atoms with E-state index < -0.39 is 29.8 Å². The van der Waals surface area contributed by atoms with Crippen molar-refractivity contribution in [3.8, 4) is 23.0 Å². The van der Waals surface area contributed by atoms with Gasteiger partial charge in [0, 0.05) is 23.6 Å². The zero-order chi connectivity index (χ0) is 26.7. The number of hydrogen-bond acceptors (Lipinski definition) is 7. The molecule has 8 nitrogen and oxygen atoms in total. The molecule has 3 atom stereocenters. The van der Waals surface area contributed by atoms with Crippen LogP contribution in [0.2, 0.25) is 0 Å². The molecule has 0 radical (unpaired) electrons. The van der Waals surface area contributed by atoms with Crippen molar-refractivity contribution in [1.29, 1.82) is 0 Å². The van der Waals surface area contributed by atoms with Crippen LogP contribution in [0.25, 0.3) is 0 Å². The number of nitrogens with one attached hydrogen (secondary N) is 1. The molecule has 0 unspecified atom stereocenters. The molecule has 0 saturated carbocycles. The van der Waals surface area contributed by atoms with Crippen LogP contribution in [0.4, 0.5) is 8.78 Å². The summed E-state index contributed by atoms with van der Waals surface area (Å²) in [5.74, 6) is -0.134. The molecular formula is C28H23F2NO7. The van der Waals surface area contributed by atoms with E-state index in [1.54, 1.807) is 31.2 Å². The molecule has 0 saturated heterocycles. The Labute approximate surface area is 216 Å². The van der Waals surface area contributed by atoms with E-state index in [9.17, 15) is 18.4 Å². The number of amides is 1. The molecule has 0 spiro atoms. The number of carbonyl (C=O) groups is 2. The van der Waals surface area contributed by atoms with Crippen LogP contribution in [0.15, 0.2) is 60.7 Å². The Morgan fingerprint density at radius 1 is 0.974 bits per heavy atom. The molecule has 38 heavy (non-hydrogen) atoms. The van der Waals surface area contributed by atoms with E-state index in [4.69, 9.17) is 14.2 Å². The van der Waals surface area contributed by atoms with E-state index in [0.717, 1.165) is 11.1 Å². The molecule has 3 aliphatic rings. The van der Waals surface area contributed by atoms with Gasteiger partial charge in [-0.2, -0.15) is 0 Å². The van der Waals surface area contributed by atoms with Crippen LogP contribution < -0.4 is 24.3 Å². The quantitative estimate of drug-likeness (QED) is 0.490. The number of benzene rings is 3. The summed E-state index contributed by atoms with van der Waals surface area (Å²) in [6, 6.07) is 16.7. The number of esters is 1. The number of methoxy groups -OCH3 is 1. The molecule has 1 amide bonds. The number of para-hydroxylation sites is 1. The third-order valence-corrected chi connectivity index (χ3v) is 7.14. The zero-order valence-corrected chi connectivity index (χ0v) is 20.5. The Morgan fingerprint density at radius 3 is 2.42 bits per heavy atom. The molecule has 0 aromatic heterocycles. The number of halogens is 2. The predicted molar refractivity (Wildman–Crippen MR) is 129 cm³/mol. The van der Waals surface area contributed by atoms with E-state index >= 15 is 0 Å². The maximum absolute atomic E-state index is 13.7. The average Bonchev–Trinajstić information content (AvgIpc) is 3.41. The lowest BCUT2D eigenvalue weighted by Gasteiger charge is -2.34. The van der Waals surface area contributed by atoms with E-state index in [1.807, 2.05) is 24.3 Å². The van der Waals surface area contributed by atoms with Gasteiger partial charge in [-0.25, -0.2) is 4.79 Å². The molecule has 3 aliphatic heterocycles. The molecule has 3 aromatic carbocycles. The molecule has 0 aliphatic carbocycles. The summed E-state index contributed by atoms with van der Waals surface area (Å²) in [6.07, 6.45) is -3.73. The van der Waals surface area contributed by atoms with Crippen molar-refractivity contribution in [2.45, 2.75) is 37.2 Å². The Morgan fingerprint density at radius 2 is 1.68 bits per heavy atom. The van der Waals surface area contributed by atoms with Gasteiger partial charge in [-0.05, 0) is 36.8 Å². The van der Waals surface area contributed by atoms with Crippen LogP contribution in [0.3, 0.4) is 0 Å². The number of ether oxygens (including phenoxy) is 5. The molecule has 0 fully saturated rings.